The molecule has 19 heavy (non-hydrogen) atoms. The maximum absolute atomic E-state index is 13.1. The summed E-state index contributed by atoms with van der Waals surface area (Å²) < 4.78 is 15.0. The molecule has 98 valence electrons. The third-order valence-electron chi connectivity index (χ3n) is 3.40. The van der Waals surface area contributed by atoms with Gasteiger partial charge in [-0.1, -0.05) is 6.07 Å². The van der Waals surface area contributed by atoms with Crippen LogP contribution in [0, 0.1) is 0 Å². The van der Waals surface area contributed by atoms with Crippen molar-refractivity contribution in [2.24, 2.45) is 0 Å². The van der Waals surface area contributed by atoms with E-state index in [4.69, 9.17) is 0 Å². The van der Waals surface area contributed by atoms with Gasteiger partial charge in [-0.2, -0.15) is 0 Å². The first-order valence-corrected chi connectivity index (χ1v) is 6.09. The number of rotatable bonds is 3. The minimum absolute atomic E-state index is 0.504. The second-order valence-electron chi connectivity index (χ2n) is 4.40. The van der Waals surface area contributed by atoms with E-state index in [0.717, 1.165) is 11.5 Å². The zero-order chi connectivity index (χ0) is 13.2. The van der Waals surface area contributed by atoms with E-state index in [9.17, 15) is 9.18 Å². The number of hydrogen-bond donors (Lipinski definition) is 0. The van der Waals surface area contributed by atoms with Crippen molar-refractivity contribution in [2.75, 3.05) is 13.2 Å². The zero-order valence-electron chi connectivity index (χ0n) is 10.2. The summed E-state index contributed by atoms with van der Waals surface area (Å²) in [6, 6.07) is 5.03. The van der Waals surface area contributed by atoms with Crippen molar-refractivity contribution < 1.29 is 9.18 Å². The number of alkyl halides is 1. The van der Waals surface area contributed by atoms with Gasteiger partial charge in [-0.05, 0) is 12.1 Å². The van der Waals surface area contributed by atoms with Crippen molar-refractivity contribution in [2.45, 2.75) is 12.5 Å². The number of pyridine rings is 1. The van der Waals surface area contributed by atoms with Gasteiger partial charge >= 0.3 is 0 Å². The predicted octanol–water partition coefficient (Wildman–Crippen LogP) is 1.29. The first-order valence-electron chi connectivity index (χ1n) is 6.09. The van der Waals surface area contributed by atoms with Crippen LogP contribution >= 0.6 is 0 Å². The van der Waals surface area contributed by atoms with Crippen molar-refractivity contribution in [3.8, 4) is 5.82 Å². The van der Waals surface area contributed by atoms with Gasteiger partial charge in [0.15, 0.2) is 0 Å². The molecule has 6 heteroatoms. The highest BCUT2D eigenvalue weighted by atomic mass is 19.1. The van der Waals surface area contributed by atoms with Crippen LogP contribution in [0.2, 0.25) is 0 Å². The maximum atomic E-state index is 13.1. The van der Waals surface area contributed by atoms with Crippen LogP contribution in [0.1, 0.15) is 17.4 Å². The Morgan fingerprint density at radius 2 is 2.32 bits per heavy atom. The van der Waals surface area contributed by atoms with Crippen LogP contribution < -0.4 is 0 Å². The minimum Gasteiger partial charge on any atom is -0.334 e. The summed E-state index contributed by atoms with van der Waals surface area (Å²) in [6.07, 6.45) is 4.69. The SMILES string of the molecule is O=CN1CCc2c(ncn2-c2ccccn2)C1CF. The van der Waals surface area contributed by atoms with Crippen molar-refractivity contribution >= 4 is 6.41 Å². The van der Waals surface area contributed by atoms with Gasteiger partial charge in [0.2, 0.25) is 6.41 Å². The van der Waals surface area contributed by atoms with E-state index in [1.165, 1.54) is 4.90 Å². The van der Waals surface area contributed by atoms with Crippen LogP contribution in [0.4, 0.5) is 4.39 Å². The Morgan fingerprint density at radius 1 is 1.42 bits per heavy atom. The lowest BCUT2D eigenvalue weighted by Crippen LogP contribution is -2.36. The molecular formula is C13H13FN4O. The topological polar surface area (TPSA) is 51.0 Å². The molecule has 1 amide bonds. The van der Waals surface area contributed by atoms with Gasteiger partial charge in [-0.3, -0.25) is 9.36 Å². The van der Waals surface area contributed by atoms with Crippen LogP contribution in [0.3, 0.4) is 0 Å². The smallest absolute Gasteiger partial charge is 0.210 e. The van der Waals surface area contributed by atoms with Crippen LogP contribution in [-0.2, 0) is 11.2 Å². The Bertz CT molecular complexity index is 584. The van der Waals surface area contributed by atoms with E-state index in [1.807, 2.05) is 22.8 Å². The van der Waals surface area contributed by atoms with Gasteiger partial charge in [-0.15, -0.1) is 0 Å². The molecule has 3 rings (SSSR count). The lowest BCUT2D eigenvalue weighted by Gasteiger charge is -2.30. The molecule has 1 aliphatic heterocycles. The van der Waals surface area contributed by atoms with Crippen molar-refractivity contribution in [3.63, 3.8) is 0 Å². The molecule has 2 aromatic rings. The largest absolute Gasteiger partial charge is 0.334 e. The van der Waals surface area contributed by atoms with Gasteiger partial charge in [0.05, 0.1) is 11.4 Å². The number of fused-ring (bicyclic) bond motifs is 1. The van der Waals surface area contributed by atoms with Crippen LogP contribution in [0.5, 0.6) is 0 Å². The van der Waals surface area contributed by atoms with E-state index >= 15 is 0 Å². The number of aromatic nitrogens is 3. The number of hydrogen-bond acceptors (Lipinski definition) is 3. The molecule has 0 fully saturated rings. The first kappa shape index (κ1) is 11.8. The van der Waals surface area contributed by atoms with E-state index in [1.54, 1.807) is 12.5 Å². The van der Waals surface area contributed by atoms with Gasteiger partial charge in [-0.25, -0.2) is 14.4 Å². The standard InChI is InChI=1S/C13H13FN4O/c14-7-11-13-10(4-6-17(11)9-19)18(8-16-13)12-3-1-2-5-15-12/h1-3,5,8-9,11H,4,6-7H2. The summed E-state index contributed by atoms with van der Waals surface area (Å²) >= 11 is 0. The maximum Gasteiger partial charge on any atom is 0.210 e. The Morgan fingerprint density at radius 3 is 3.00 bits per heavy atom. The monoisotopic (exact) mass is 260 g/mol. The number of carbonyl (C=O) groups excluding carboxylic acids is 1. The molecule has 5 nitrogen and oxygen atoms in total. The lowest BCUT2D eigenvalue weighted by atomic mass is 10.0. The highest BCUT2D eigenvalue weighted by molar-refractivity contribution is 5.50. The highest BCUT2D eigenvalue weighted by Crippen LogP contribution is 2.29. The molecule has 2 aromatic heterocycles. The quantitative estimate of drug-likeness (QED) is 0.781. The molecule has 1 aliphatic rings. The summed E-state index contributed by atoms with van der Waals surface area (Å²) in [4.78, 5) is 20.9. The van der Waals surface area contributed by atoms with Gasteiger partial charge in [0, 0.05) is 19.2 Å². The Kier molecular flexibility index (Phi) is 2.98. The predicted molar refractivity (Wildman–Crippen MR) is 66.5 cm³/mol. The van der Waals surface area contributed by atoms with Crippen molar-refractivity contribution in [1.29, 1.82) is 0 Å². The molecule has 0 radical (unpaired) electrons. The normalized spacial score (nSPS) is 18.2. The molecule has 0 spiro atoms. The first-order chi connectivity index (χ1) is 9.35. The van der Waals surface area contributed by atoms with Gasteiger partial charge in [0.25, 0.3) is 0 Å². The average molecular weight is 260 g/mol. The Balaban J connectivity index is 2.05. The summed E-state index contributed by atoms with van der Waals surface area (Å²) in [5, 5.41) is 0. The van der Waals surface area contributed by atoms with E-state index < -0.39 is 12.7 Å². The Hall–Kier alpha value is -2.24. The molecule has 0 saturated heterocycles. The Labute approximate surface area is 109 Å². The second-order valence-corrected chi connectivity index (χ2v) is 4.40. The number of amides is 1. The van der Waals surface area contributed by atoms with E-state index in [0.29, 0.717) is 25.1 Å². The third kappa shape index (κ3) is 1.89. The number of imidazole rings is 1. The summed E-state index contributed by atoms with van der Waals surface area (Å²) in [7, 11) is 0. The fourth-order valence-electron chi connectivity index (χ4n) is 2.44. The molecule has 0 aliphatic carbocycles. The number of nitrogens with zero attached hydrogens (tertiary/aromatic N) is 4. The van der Waals surface area contributed by atoms with Crippen molar-refractivity contribution in [3.05, 3.63) is 42.1 Å². The van der Waals surface area contributed by atoms with Gasteiger partial charge < -0.3 is 4.90 Å². The molecule has 0 bridgehead atoms. The zero-order valence-corrected chi connectivity index (χ0v) is 10.2. The molecule has 3 heterocycles. The van der Waals surface area contributed by atoms with Crippen LogP contribution in [0.15, 0.2) is 30.7 Å². The summed E-state index contributed by atoms with van der Waals surface area (Å²) in [5.41, 5.74) is 1.56. The number of carbonyl (C=O) groups is 1. The van der Waals surface area contributed by atoms with E-state index in [-0.39, 0.29) is 0 Å². The minimum atomic E-state index is -0.620. The van der Waals surface area contributed by atoms with Gasteiger partial charge in [0.1, 0.15) is 24.9 Å². The molecular weight excluding hydrogens is 247 g/mol. The van der Waals surface area contributed by atoms with Crippen molar-refractivity contribution in [1.82, 2.24) is 19.4 Å². The third-order valence-corrected chi connectivity index (χ3v) is 3.40. The van der Waals surface area contributed by atoms with Crippen LogP contribution in [0.25, 0.3) is 5.82 Å². The molecule has 0 saturated carbocycles. The molecule has 0 N–H and O–H groups in total. The summed E-state index contributed by atoms with van der Waals surface area (Å²) in [5.74, 6) is 0.758. The molecule has 1 unspecified atom stereocenters. The molecule has 1 atom stereocenters. The van der Waals surface area contributed by atoms with Crippen LogP contribution in [-0.4, -0.2) is 39.1 Å². The molecule has 0 aromatic carbocycles. The second kappa shape index (κ2) is 4.79. The summed E-state index contributed by atoms with van der Waals surface area (Å²) in [6.45, 7) is -0.116. The fourth-order valence-corrected chi connectivity index (χ4v) is 2.44. The van der Waals surface area contributed by atoms with E-state index in [2.05, 4.69) is 9.97 Å². The number of halogens is 1. The lowest BCUT2D eigenvalue weighted by molar-refractivity contribution is -0.121. The fraction of sp³-hybridized carbons (Fsp3) is 0.308. The highest BCUT2D eigenvalue weighted by Gasteiger charge is 2.30. The average Bonchev–Trinajstić information content (AvgIpc) is 2.91.